The molecular weight excluding hydrogens is 187 g/mol. The molecule has 0 aromatic rings. The van der Waals surface area contributed by atoms with Crippen molar-refractivity contribution in [3.05, 3.63) is 0 Å². The van der Waals surface area contributed by atoms with E-state index in [1.54, 1.807) is 0 Å². The molecule has 0 bridgehead atoms. The molecule has 0 radical (unpaired) electrons. The highest BCUT2D eigenvalue weighted by Gasteiger charge is 2.31. The van der Waals surface area contributed by atoms with Crippen molar-refractivity contribution in [3.63, 3.8) is 0 Å². The fourth-order valence-corrected chi connectivity index (χ4v) is 0.705. The average Bonchev–Trinajstić information content (AvgIpc) is 1.81. The van der Waals surface area contributed by atoms with Gasteiger partial charge in [-0.25, -0.2) is 0 Å². The van der Waals surface area contributed by atoms with Crippen LogP contribution in [-0.4, -0.2) is 36.4 Å². The molecule has 0 heterocycles. The van der Waals surface area contributed by atoms with Crippen LogP contribution in [0.2, 0.25) is 0 Å². The molecule has 0 spiro atoms. The number of Topliss-reactive ketones (excluding diaryl/α,β-unsaturated/α-hetero) is 1. The van der Waals surface area contributed by atoms with Crippen LogP contribution < -0.4 is 0 Å². The summed E-state index contributed by atoms with van der Waals surface area (Å²) in [7, 11) is 1.01. The van der Waals surface area contributed by atoms with Crippen LogP contribution >= 0.6 is 0 Å². The lowest BCUT2D eigenvalue weighted by Gasteiger charge is -2.17. The fourth-order valence-electron chi connectivity index (χ4n) is 0.705. The number of hydrogen-bond donors (Lipinski definition) is 0. The van der Waals surface area contributed by atoms with Gasteiger partial charge in [-0.2, -0.15) is 13.2 Å². The molecule has 0 unspecified atom stereocenters. The molecule has 0 aliphatic rings. The Hall–Kier alpha value is -1.07. The standard InChI is InChI=1S/C7H10F3NO2/c1-5(12)3-6(13)11(2)4-7(8,9)10/h3-4H2,1-2H3. The molecule has 76 valence electrons. The Morgan fingerprint density at radius 2 is 1.77 bits per heavy atom. The highest BCUT2D eigenvalue weighted by molar-refractivity contribution is 5.96. The maximum absolute atomic E-state index is 11.7. The second kappa shape index (κ2) is 4.25. The highest BCUT2D eigenvalue weighted by Crippen LogP contribution is 2.15. The predicted octanol–water partition coefficient (Wildman–Crippen LogP) is 0.986. The van der Waals surface area contributed by atoms with Crippen molar-refractivity contribution < 1.29 is 22.8 Å². The fraction of sp³-hybridized carbons (Fsp3) is 0.714. The largest absolute Gasteiger partial charge is 0.406 e. The Kier molecular flexibility index (Phi) is 3.90. The average molecular weight is 197 g/mol. The molecule has 0 aromatic carbocycles. The van der Waals surface area contributed by atoms with Gasteiger partial charge in [0.1, 0.15) is 12.3 Å². The number of carbonyl (C=O) groups excluding carboxylic acids is 2. The Morgan fingerprint density at radius 1 is 1.31 bits per heavy atom. The van der Waals surface area contributed by atoms with E-state index in [2.05, 4.69) is 0 Å². The summed E-state index contributed by atoms with van der Waals surface area (Å²) in [6.07, 6.45) is -4.90. The molecule has 6 heteroatoms. The van der Waals surface area contributed by atoms with Gasteiger partial charge in [-0.3, -0.25) is 9.59 Å². The van der Waals surface area contributed by atoms with E-state index in [1.807, 2.05) is 0 Å². The molecule has 0 atom stereocenters. The summed E-state index contributed by atoms with van der Waals surface area (Å²) in [6, 6.07) is 0. The zero-order valence-corrected chi connectivity index (χ0v) is 7.31. The molecule has 0 aliphatic carbocycles. The van der Waals surface area contributed by atoms with Crippen molar-refractivity contribution in [2.75, 3.05) is 13.6 Å². The third kappa shape index (κ3) is 6.12. The molecule has 0 rings (SSSR count). The van der Waals surface area contributed by atoms with Crippen LogP contribution in [0.3, 0.4) is 0 Å². The maximum atomic E-state index is 11.7. The van der Waals surface area contributed by atoms with Crippen LogP contribution in [0.5, 0.6) is 0 Å². The summed E-state index contributed by atoms with van der Waals surface area (Å²) in [4.78, 5) is 21.7. The zero-order chi connectivity index (χ0) is 10.6. The number of ketones is 1. The number of rotatable bonds is 3. The van der Waals surface area contributed by atoms with Gasteiger partial charge in [0, 0.05) is 7.05 Å². The van der Waals surface area contributed by atoms with E-state index >= 15 is 0 Å². The molecular formula is C7H10F3NO2. The van der Waals surface area contributed by atoms with E-state index in [-0.39, 0.29) is 0 Å². The minimum atomic E-state index is -4.42. The van der Waals surface area contributed by atoms with E-state index < -0.39 is 30.8 Å². The third-order valence-corrected chi connectivity index (χ3v) is 1.24. The van der Waals surface area contributed by atoms with Gasteiger partial charge in [0.15, 0.2) is 0 Å². The van der Waals surface area contributed by atoms with Crippen LogP contribution in [0.15, 0.2) is 0 Å². The monoisotopic (exact) mass is 197 g/mol. The summed E-state index contributed by atoms with van der Waals surface area (Å²) >= 11 is 0. The molecule has 0 saturated carbocycles. The quantitative estimate of drug-likeness (QED) is 0.632. The maximum Gasteiger partial charge on any atom is 0.406 e. The van der Waals surface area contributed by atoms with Crippen molar-refractivity contribution in [2.24, 2.45) is 0 Å². The van der Waals surface area contributed by atoms with Gasteiger partial charge in [-0.05, 0) is 6.92 Å². The second-order valence-corrected chi connectivity index (χ2v) is 2.74. The van der Waals surface area contributed by atoms with Crippen molar-refractivity contribution in [2.45, 2.75) is 19.5 Å². The first kappa shape index (κ1) is 11.9. The van der Waals surface area contributed by atoms with Crippen LogP contribution in [-0.2, 0) is 9.59 Å². The molecule has 0 saturated heterocycles. The third-order valence-electron chi connectivity index (χ3n) is 1.24. The van der Waals surface area contributed by atoms with Crippen LogP contribution in [0.1, 0.15) is 13.3 Å². The highest BCUT2D eigenvalue weighted by atomic mass is 19.4. The Bertz CT molecular complexity index is 212. The Balaban J connectivity index is 4.04. The molecule has 0 aromatic heterocycles. The van der Waals surface area contributed by atoms with Gasteiger partial charge in [-0.15, -0.1) is 0 Å². The minimum Gasteiger partial charge on any atom is -0.336 e. The number of nitrogens with zero attached hydrogens (tertiary/aromatic N) is 1. The summed E-state index contributed by atoms with van der Waals surface area (Å²) in [5.41, 5.74) is 0. The number of carbonyl (C=O) groups is 2. The normalized spacial score (nSPS) is 11.2. The Morgan fingerprint density at radius 3 is 2.08 bits per heavy atom. The molecule has 0 fully saturated rings. The van der Waals surface area contributed by atoms with E-state index in [0.29, 0.717) is 4.90 Å². The number of hydrogen-bond acceptors (Lipinski definition) is 2. The van der Waals surface area contributed by atoms with Crippen molar-refractivity contribution in [1.82, 2.24) is 4.90 Å². The van der Waals surface area contributed by atoms with E-state index in [1.165, 1.54) is 0 Å². The second-order valence-electron chi connectivity index (χ2n) is 2.74. The van der Waals surface area contributed by atoms with Gasteiger partial charge in [0.25, 0.3) is 0 Å². The van der Waals surface area contributed by atoms with E-state index in [9.17, 15) is 22.8 Å². The predicted molar refractivity (Wildman–Crippen MR) is 39.0 cm³/mol. The lowest BCUT2D eigenvalue weighted by molar-refractivity contribution is -0.159. The van der Waals surface area contributed by atoms with Gasteiger partial charge >= 0.3 is 6.18 Å². The van der Waals surface area contributed by atoms with E-state index in [0.717, 1.165) is 14.0 Å². The van der Waals surface area contributed by atoms with Crippen molar-refractivity contribution in [3.8, 4) is 0 Å². The summed E-state index contributed by atoms with van der Waals surface area (Å²) in [6.45, 7) is -0.168. The first-order valence-corrected chi connectivity index (χ1v) is 3.52. The Labute approximate surface area is 73.5 Å². The van der Waals surface area contributed by atoms with Gasteiger partial charge in [0.05, 0.1) is 6.42 Å². The van der Waals surface area contributed by atoms with Crippen LogP contribution in [0.25, 0.3) is 0 Å². The zero-order valence-electron chi connectivity index (χ0n) is 7.31. The number of alkyl halides is 3. The van der Waals surface area contributed by atoms with Crippen LogP contribution in [0, 0.1) is 0 Å². The first-order valence-electron chi connectivity index (χ1n) is 3.52. The topological polar surface area (TPSA) is 37.4 Å². The molecule has 0 aliphatic heterocycles. The summed E-state index contributed by atoms with van der Waals surface area (Å²) in [5, 5.41) is 0. The van der Waals surface area contributed by atoms with Gasteiger partial charge in [-0.1, -0.05) is 0 Å². The summed E-state index contributed by atoms with van der Waals surface area (Å²) in [5.74, 6) is -1.26. The molecule has 1 amide bonds. The lowest BCUT2D eigenvalue weighted by atomic mass is 10.3. The molecule has 3 nitrogen and oxygen atoms in total. The van der Waals surface area contributed by atoms with Crippen molar-refractivity contribution >= 4 is 11.7 Å². The van der Waals surface area contributed by atoms with Gasteiger partial charge in [0.2, 0.25) is 5.91 Å². The number of halogens is 3. The first-order chi connectivity index (χ1) is 5.72. The summed E-state index contributed by atoms with van der Waals surface area (Å²) < 4.78 is 35.2. The molecule has 13 heavy (non-hydrogen) atoms. The van der Waals surface area contributed by atoms with Gasteiger partial charge < -0.3 is 4.90 Å². The van der Waals surface area contributed by atoms with E-state index in [4.69, 9.17) is 0 Å². The van der Waals surface area contributed by atoms with Crippen molar-refractivity contribution in [1.29, 1.82) is 0 Å². The molecule has 0 N–H and O–H groups in total. The smallest absolute Gasteiger partial charge is 0.336 e. The minimum absolute atomic E-state index is 0.445. The van der Waals surface area contributed by atoms with Crippen LogP contribution in [0.4, 0.5) is 13.2 Å². The SMILES string of the molecule is CC(=O)CC(=O)N(C)CC(F)(F)F. The lowest BCUT2D eigenvalue weighted by Crippen LogP contribution is -2.36. The number of amides is 1.